The van der Waals surface area contributed by atoms with Crippen LogP contribution in [0.4, 0.5) is 4.39 Å². The van der Waals surface area contributed by atoms with Crippen molar-refractivity contribution in [1.29, 1.82) is 0 Å². The third kappa shape index (κ3) is 3.74. The number of halogens is 1. The molecule has 1 aromatic rings. The summed E-state index contributed by atoms with van der Waals surface area (Å²) in [6, 6.07) is 3.87. The lowest BCUT2D eigenvalue weighted by atomic mass is 9.81. The minimum Gasteiger partial charge on any atom is -0.491 e. The summed E-state index contributed by atoms with van der Waals surface area (Å²) in [7, 11) is 0. The summed E-state index contributed by atoms with van der Waals surface area (Å²) in [5.74, 6) is 1.05. The van der Waals surface area contributed by atoms with Gasteiger partial charge >= 0.3 is 0 Å². The maximum absolute atomic E-state index is 14.3. The molecule has 0 aliphatic heterocycles. The lowest BCUT2D eigenvalue weighted by Crippen LogP contribution is -2.16. The van der Waals surface area contributed by atoms with Gasteiger partial charge in [-0.25, -0.2) is 4.39 Å². The van der Waals surface area contributed by atoms with Gasteiger partial charge in [0.15, 0.2) is 11.6 Å². The molecule has 0 fully saturated rings. The average molecular weight is 278 g/mol. The van der Waals surface area contributed by atoms with Crippen LogP contribution in [0.1, 0.15) is 63.5 Å². The van der Waals surface area contributed by atoms with Crippen LogP contribution in [0.15, 0.2) is 12.1 Å². The maximum Gasteiger partial charge on any atom is 0.168 e. The first-order chi connectivity index (χ1) is 9.76. The fourth-order valence-electron chi connectivity index (χ4n) is 3.24. The summed E-state index contributed by atoms with van der Waals surface area (Å²) in [6.45, 7) is 4.66. The molecule has 1 aliphatic rings. The van der Waals surface area contributed by atoms with Gasteiger partial charge in [0.25, 0.3) is 0 Å². The molecular weight excluding hydrogens is 251 g/mol. The first-order valence-electron chi connectivity index (χ1n) is 8.19. The molecule has 20 heavy (non-hydrogen) atoms. The van der Waals surface area contributed by atoms with E-state index in [-0.39, 0.29) is 5.82 Å². The van der Waals surface area contributed by atoms with Crippen LogP contribution in [0.3, 0.4) is 0 Å². The second kappa shape index (κ2) is 7.66. The van der Waals surface area contributed by atoms with Crippen LogP contribution < -0.4 is 4.74 Å². The van der Waals surface area contributed by atoms with Crippen molar-refractivity contribution in [2.75, 3.05) is 6.61 Å². The molecule has 1 aliphatic carbocycles. The van der Waals surface area contributed by atoms with Gasteiger partial charge in [0, 0.05) is 0 Å². The van der Waals surface area contributed by atoms with Crippen LogP contribution in [-0.4, -0.2) is 6.61 Å². The summed E-state index contributed by atoms with van der Waals surface area (Å²) in [4.78, 5) is 0. The lowest BCUT2D eigenvalue weighted by molar-refractivity contribution is 0.317. The van der Waals surface area contributed by atoms with E-state index in [0.29, 0.717) is 12.4 Å². The lowest BCUT2D eigenvalue weighted by Gasteiger charge is -2.25. The third-order valence-corrected chi connectivity index (χ3v) is 4.38. The van der Waals surface area contributed by atoms with E-state index in [2.05, 4.69) is 13.0 Å². The largest absolute Gasteiger partial charge is 0.491 e. The molecule has 0 heterocycles. The maximum atomic E-state index is 14.3. The van der Waals surface area contributed by atoms with Crippen molar-refractivity contribution < 1.29 is 9.13 Å². The summed E-state index contributed by atoms with van der Waals surface area (Å²) in [5.41, 5.74) is 2.11. The highest BCUT2D eigenvalue weighted by Crippen LogP contribution is 2.33. The predicted molar refractivity (Wildman–Crippen MR) is 81.8 cm³/mol. The van der Waals surface area contributed by atoms with Crippen molar-refractivity contribution in [3.8, 4) is 5.75 Å². The zero-order valence-electron chi connectivity index (χ0n) is 12.9. The van der Waals surface area contributed by atoms with E-state index in [0.717, 1.165) is 30.7 Å². The molecule has 0 radical (unpaired) electrons. The van der Waals surface area contributed by atoms with Crippen molar-refractivity contribution in [3.63, 3.8) is 0 Å². The Labute approximate surface area is 122 Å². The number of benzene rings is 1. The Balaban J connectivity index is 1.95. The van der Waals surface area contributed by atoms with Gasteiger partial charge in [-0.15, -0.1) is 0 Å². The van der Waals surface area contributed by atoms with Gasteiger partial charge in [0.05, 0.1) is 6.61 Å². The Morgan fingerprint density at radius 3 is 2.80 bits per heavy atom. The normalized spacial score (nSPS) is 17.9. The number of unbranched alkanes of at least 4 members (excludes halogenated alkanes) is 3. The number of hydrogen-bond acceptors (Lipinski definition) is 1. The van der Waals surface area contributed by atoms with E-state index in [9.17, 15) is 4.39 Å². The molecule has 0 bridgehead atoms. The van der Waals surface area contributed by atoms with Gasteiger partial charge in [-0.05, 0) is 49.3 Å². The average Bonchev–Trinajstić information content (AvgIpc) is 2.47. The van der Waals surface area contributed by atoms with E-state index >= 15 is 0 Å². The van der Waals surface area contributed by atoms with Gasteiger partial charge < -0.3 is 4.74 Å². The Morgan fingerprint density at radius 1 is 1.20 bits per heavy atom. The highest BCUT2D eigenvalue weighted by molar-refractivity contribution is 5.39. The van der Waals surface area contributed by atoms with Crippen LogP contribution >= 0.6 is 0 Å². The zero-order chi connectivity index (χ0) is 14.4. The van der Waals surface area contributed by atoms with Gasteiger partial charge in [0.2, 0.25) is 0 Å². The first-order valence-corrected chi connectivity index (χ1v) is 8.19. The third-order valence-electron chi connectivity index (χ3n) is 4.38. The molecule has 0 saturated carbocycles. The van der Waals surface area contributed by atoms with E-state index in [4.69, 9.17) is 4.74 Å². The zero-order valence-corrected chi connectivity index (χ0v) is 12.9. The molecular formula is C18H27FO. The number of ether oxygens (including phenoxy) is 1. The fourth-order valence-corrected chi connectivity index (χ4v) is 3.24. The van der Waals surface area contributed by atoms with Crippen molar-refractivity contribution in [2.24, 2.45) is 5.92 Å². The summed E-state index contributed by atoms with van der Waals surface area (Å²) < 4.78 is 19.6. The molecule has 1 nitrogen and oxygen atoms in total. The van der Waals surface area contributed by atoms with Gasteiger partial charge in [0.1, 0.15) is 0 Å². The van der Waals surface area contributed by atoms with Gasteiger partial charge in [-0.3, -0.25) is 0 Å². The second-order valence-electron chi connectivity index (χ2n) is 5.91. The fraction of sp³-hybridized carbons (Fsp3) is 0.667. The van der Waals surface area contributed by atoms with Crippen LogP contribution in [-0.2, 0) is 12.8 Å². The number of hydrogen-bond donors (Lipinski definition) is 0. The molecule has 0 amide bonds. The van der Waals surface area contributed by atoms with Crippen LogP contribution in [0, 0.1) is 11.7 Å². The Morgan fingerprint density at radius 2 is 2.05 bits per heavy atom. The molecule has 2 heteroatoms. The van der Waals surface area contributed by atoms with Gasteiger partial charge in [-0.1, -0.05) is 45.1 Å². The Hall–Kier alpha value is -1.05. The van der Waals surface area contributed by atoms with E-state index < -0.39 is 0 Å². The smallest absolute Gasteiger partial charge is 0.168 e. The van der Waals surface area contributed by atoms with E-state index in [1.54, 1.807) is 6.07 Å². The van der Waals surface area contributed by atoms with Crippen LogP contribution in [0.5, 0.6) is 5.75 Å². The Bertz CT molecular complexity index is 428. The summed E-state index contributed by atoms with van der Waals surface area (Å²) >= 11 is 0. The molecule has 0 N–H and O–H groups in total. The SMILES string of the molecule is CCCCCCC1CCc2c(ccc(OCC)c2F)C1. The quantitative estimate of drug-likeness (QED) is 0.615. The summed E-state index contributed by atoms with van der Waals surface area (Å²) in [5, 5.41) is 0. The number of rotatable bonds is 7. The van der Waals surface area contributed by atoms with Gasteiger partial charge in [-0.2, -0.15) is 0 Å². The van der Waals surface area contributed by atoms with Crippen molar-refractivity contribution in [1.82, 2.24) is 0 Å². The topological polar surface area (TPSA) is 9.23 Å². The monoisotopic (exact) mass is 278 g/mol. The van der Waals surface area contributed by atoms with Crippen LogP contribution in [0.25, 0.3) is 0 Å². The Kier molecular flexibility index (Phi) is 5.87. The minimum absolute atomic E-state index is 0.117. The van der Waals surface area contributed by atoms with E-state index in [1.807, 2.05) is 6.92 Å². The van der Waals surface area contributed by atoms with Crippen molar-refractivity contribution >= 4 is 0 Å². The van der Waals surface area contributed by atoms with Crippen molar-refractivity contribution in [2.45, 2.75) is 65.2 Å². The second-order valence-corrected chi connectivity index (χ2v) is 5.91. The number of fused-ring (bicyclic) bond motifs is 1. The molecule has 1 atom stereocenters. The first kappa shape index (κ1) is 15.3. The summed E-state index contributed by atoms with van der Waals surface area (Å²) in [6.07, 6.45) is 9.66. The highest BCUT2D eigenvalue weighted by Gasteiger charge is 2.22. The predicted octanol–water partition coefficient (Wildman–Crippen LogP) is 5.30. The molecule has 1 aromatic carbocycles. The molecule has 1 unspecified atom stereocenters. The molecule has 0 aromatic heterocycles. The van der Waals surface area contributed by atoms with E-state index in [1.165, 1.54) is 37.7 Å². The highest BCUT2D eigenvalue weighted by atomic mass is 19.1. The van der Waals surface area contributed by atoms with Crippen molar-refractivity contribution in [3.05, 3.63) is 29.1 Å². The minimum atomic E-state index is -0.117. The molecule has 0 spiro atoms. The molecule has 2 rings (SSSR count). The van der Waals surface area contributed by atoms with Crippen LogP contribution in [0.2, 0.25) is 0 Å². The molecule has 112 valence electrons. The standard InChI is InChI=1S/C18H27FO/c1-3-5-6-7-8-14-9-11-16-15(13-14)10-12-17(18(16)19)20-4-2/h10,12,14H,3-9,11,13H2,1-2H3. The molecule has 0 saturated heterocycles.